The van der Waals surface area contributed by atoms with E-state index in [0.29, 0.717) is 16.9 Å². The molecule has 0 aliphatic carbocycles. The number of ether oxygens (including phenoxy) is 2. The number of amides is 2. The van der Waals surface area contributed by atoms with Gasteiger partial charge in [0, 0.05) is 0 Å². The Labute approximate surface area is 210 Å². The largest absolute Gasteiger partial charge is 0.573 e. The van der Waals surface area contributed by atoms with Crippen LogP contribution in [0.3, 0.4) is 0 Å². The molecular weight excluding hydrogens is 517 g/mol. The van der Waals surface area contributed by atoms with Crippen molar-refractivity contribution in [3.63, 3.8) is 0 Å². The van der Waals surface area contributed by atoms with E-state index in [1.807, 2.05) is 0 Å². The van der Waals surface area contributed by atoms with Crippen LogP contribution in [-0.2, 0) is 4.79 Å². The van der Waals surface area contributed by atoms with E-state index < -0.39 is 35.6 Å². The van der Waals surface area contributed by atoms with Crippen LogP contribution in [0.5, 0.6) is 11.5 Å². The van der Waals surface area contributed by atoms with Gasteiger partial charge in [0.2, 0.25) is 6.41 Å². The summed E-state index contributed by atoms with van der Waals surface area (Å²) < 4.78 is 68.5. The van der Waals surface area contributed by atoms with E-state index in [4.69, 9.17) is 4.74 Å². The Balaban J connectivity index is 1.42. The number of carbonyl (C=O) groups excluding carboxylic acids is 2. The van der Waals surface area contributed by atoms with Crippen LogP contribution < -0.4 is 9.47 Å². The van der Waals surface area contributed by atoms with E-state index >= 15 is 0 Å². The first-order valence-electron chi connectivity index (χ1n) is 10.7. The lowest BCUT2D eigenvalue weighted by molar-refractivity contribution is -0.274. The molecule has 3 aromatic carbocycles. The first kappa shape index (κ1) is 26.3. The fraction of sp³-hybridized carbons (Fsp3) is 0.167. The molecule has 0 bridgehead atoms. The van der Waals surface area contributed by atoms with Gasteiger partial charge in [0.25, 0.3) is 5.91 Å². The van der Waals surface area contributed by atoms with E-state index in [-0.39, 0.29) is 34.3 Å². The molecule has 1 aliphatic rings. The van der Waals surface area contributed by atoms with Gasteiger partial charge in [-0.2, -0.15) is 0 Å². The summed E-state index contributed by atoms with van der Waals surface area (Å²) in [5, 5.41) is 10.3. The molecule has 4 rings (SSSR count). The van der Waals surface area contributed by atoms with Crippen molar-refractivity contribution in [3.8, 4) is 22.6 Å². The maximum absolute atomic E-state index is 12.7. The summed E-state index contributed by atoms with van der Waals surface area (Å²) in [5.74, 6) is -0.675. The highest BCUT2D eigenvalue weighted by atomic mass is 32.3. The average Bonchev–Trinajstić information content (AvgIpc) is 3.06. The molecule has 0 fully saturated rings. The molecule has 1 aliphatic heterocycles. The van der Waals surface area contributed by atoms with Crippen LogP contribution in [0.15, 0.2) is 77.7 Å². The Kier molecular flexibility index (Phi) is 7.32. The minimum absolute atomic E-state index is 0.0591. The molecule has 196 valence electrons. The first-order chi connectivity index (χ1) is 17.5. The van der Waals surface area contributed by atoms with Gasteiger partial charge in [-0.15, -0.1) is 13.2 Å². The van der Waals surface area contributed by atoms with Crippen LogP contribution in [0.1, 0.15) is 10.4 Å². The Morgan fingerprint density at radius 2 is 1.51 bits per heavy atom. The summed E-state index contributed by atoms with van der Waals surface area (Å²) in [4.78, 5) is 24.0. The summed E-state index contributed by atoms with van der Waals surface area (Å²) in [6.45, 7) is -0.719. The molecule has 37 heavy (non-hydrogen) atoms. The van der Waals surface area contributed by atoms with E-state index in [0.717, 1.165) is 4.31 Å². The highest BCUT2D eigenvalue weighted by molar-refractivity contribution is 8.23. The van der Waals surface area contributed by atoms with Crippen LogP contribution in [-0.4, -0.2) is 61.6 Å². The van der Waals surface area contributed by atoms with E-state index in [2.05, 4.69) is 4.74 Å². The summed E-state index contributed by atoms with van der Waals surface area (Å²) in [6, 6.07) is 16.6. The van der Waals surface area contributed by atoms with Crippen LogP contribution in [0.4, 0.5) is 13.2 Å². The summed E-state index contributed by atoms with van der Waals surface area (Å²) in [7, 11) is -3.66. The lowest BCUT2D eigenvalue weighted by Crippen LogP contribution is -2.46. The maximum Gasteiger partial charge on any atom is 0.573 e. The second-order valence-electron chi connectivity index (χ2n) is 7.93. The lowest BCUT2D eigenvalue weighted by Gasteiger charge is -2.39. The van der Waals surface area contributed by atoms with E-state index in [1.54, 1.807) is 36.4 Å². The molecule has 1 heterocycles. The fourth-order valence-electron chi connectivity index (χ4n) is 3.71. The molecule has 0 saturated carbocycles. The molecule has 3 aromatic rings. The zero-order chi connectivity index (χ0) is 26.8. The molecule has 0 saturated heterocycles. The van der Waals surface area contributed by atoms with Crippen molar-refractivity contribution < 1.29 is 46.5 Å². The second kappa shape index (κ2) is 10.3. The first-order valence-corrected chi connectivity index (χ1v) is 12.2. The quantitative estimate of drug-likeness (QED) is 0.199. The Hall–Kier alpha value is -3.78. The van der Waals surface area contributed by atoms with Gasteiger partial charge in [0.15, 0.2) is 0 Å². The highest BCUT2D eigenvalue weighted by Gasteiger charge is 2.43. The zero-order valence-corrected chi connectivity index (χ0v) is 19.7. The van der Waals surface area contributed by atoms with Crippen LogP contribution >= 0.6 is 10.8 Å². The van der Waals surface area contributed by atoms with Crippen molar-refractivity contribution in [2.75, 3.05) is 13.2 Å². The molecule has 2 amide bonds. The Morgan fingerprint density at radius 3 is 2.05 bits per heavy atom. The van der Waals surface area contributed by atoms with Crippen molar-refractivity contribution >= 4 is 23.1 Å². The lowest BCUT2D eigenvalue weighted by atomic mass is 10.1. The van der Waals surface area contributed by atoms with Gasteiger partial charge < -0.3 is 9.47 Å². The van der Waals surface area contributed by atoms with Gasteiger partial charge in [0.05, 0.1) is 17.0 Å². The number of fused-ring (bicyclic) bond motifs is 1. The van der Waals surface area contributed by atoms with Gasteiger partial charge in [-0.25, -0.2) is 9.37 Å². The number of nitrogens with zero attached hydrogens (tertiary/aromatic N) is 2. The van der Waals surface area contributed by atoms with Gasteiger partial charge in [0.1, 0.15) is 24.1 Å². The molecule has 1 unspecified atom stereocenters. The number of hydrogen-bond acceptors (Lipinski definition) is 7. The Morgan fingerprint density at radius 1 is 0.946 bits per heavy atom. The second-order valence-corrected chi connectivity index (χ2v) is 9.85. The molecule has 13 heteroatoms. The molecule has 3 N–H and O–H groups in total. The normalized spacial score (nSPS) is 16.1. The molecule has 1 atom stereocenters. The standard InChI is InChI=1S/C24H21F3N2O7S/c25-24(26,27)36-20-11-7-17(8-12-20)16-5-9-19(10-6-16)35-14-18(28(32)15-30)13-29-23(31)21-3-1-2-4-22(21)37(29,33)34/h1-12,15,18,32-34H,13-14H2. The average molecular weight is 539 g/mol. The molecule has 0 radical (unpaired) electrons. The van der Waals surface area contributed by atoms with Gasteiger partial charge in [-0.3, -0.25) is 23.9 Å². The van der Waals surface area contributed by atoms with E-state index in [9.17, 15) is 37.1 Å². The van der Waals surface area contributed by atoms with E-state index in [1.165, 1.54) is 36.4 Å². The predicted octanol–water partition coefficient (Wildman–Crippen LogP) is 5.03. The number of alkyl halides is 3. The summed E-state index contributed by atoms with van der Waals surface area (Å²) >= 11 is 0. The smallest absolute Gasteiger partial charge is 0.491 e. The van der Waals surface area contributed by atoms with Crippen LogP contribution in [0.2, 0.25) is 0 Å². The minimum atomic E-state index is -4.78. The van der Waals surface area contributed by atoms with Crippen molar-refractivity contribution in [2.24, 2.45) is 0 Å². The zero-order valence-electron chi connectivity index (χ0n) is 18.9. The van der Waals surface area contributed by atoms with Crippen LogP contribution in [0.25, 0.3) is 11.1 Å². The van der Waals surface area contributed by atoms with Crippen molar-refractivity contribution in [1.82, 2.24) is 9.37 Å². The van der Waals surface area contributed by atoms with Crippen molar-refractivity contribution in [1.29, 1.82) is 0 Å². The number of halogens is 3. The SMILES string of the molecule is O=CN(O)C(COc1ccc(-c2ccc(OC(F)(F)F)cc2)cc1)CN1C(=O)c2ccccc2S1(O)O. The number of hydrogen-bond donors (Lipinski definition) is 3. The van der Waals surface area contributed by atoms with Crippen LogP contribution in [0, 0.1) is 0 Å². The maximum atomic E-state index is 12.7. The third-order valence-electron chi connectivity index (χ3n) is 5.52. The van der Waals surface area contributed by atoms with Gasteiger partial charge in [-0.1, -0.05) is 47.2 Å². The topological polar surface area (TPSA) is 120 Å². The Bertz CT molecular complexity index is 1270. The molecular formula is C24H21F3N2O7S. The monoisotopic (exact) mass is 538 g/mol. The number of rotatable bonds is 9. The summed E-state index contributed by atoms with van der Waals surface area (Å²) in [5.41, 5.74) is 1.42. The number of carbonyl (C=O) groups is 2. The van der Waals surface area contributed by atoms with Gasteiger partial charge >= 0.3 is 6.36 Å². The molecule has 0 spiro atoms. The fourth-order valence-corrected chi connectivity index (χ4v) is 5.37. The summed E-state index contributed by atoms with van der Waals surface area (Å²) in [6.07, 6.45) is -4.67. The highest BCUT2D eigenvalue weighted by Crippen LogP contribution is 2.58. The molecule has 0 aromatic heterocycles. The number of hydroxylamine groups is 2. The number of benzene rings is 3. The third kappa shape index (κ3) is 5.80. The third-order valence-corrected chi connectivity index (χ3v) is 7.40. The van der Waals surface area contributed by atoms with Crippen molar-refractivity contribution in [2.45, 2.75) is 17.3 Å². The van der Waals surface area contributed by atoms with Gasteiger partial charge in [-0.05, 0) is 47.5 Å². The molecule has 9 nitrogen and oxygen atoms in total. The van der Waals surface area contributed by atoms with Crippen molar-refractivity contribution in [3.05, 3.63) is 78.4 Å². The minimum Gasteiger partial charge on any atom is -0.491 e. The predicted molar refractivity (Wildman–Crippen MR) is 126 cm³/mol.